The van der Waals surface area contributed by atoms with Crippen LogP contribution in [0, 0.1) is 0 Å². The molecule has 0 aliphatic heterocycles. The third-order valence-electron chi connectivity index (χ3n) is 3.69. The highest BCUT2D eigenvalue weighted by molar-refractivity contribution is 5.95. The van der Waals surface area contributed by atoms with Crippen LogP contribution < -0.4 is 5.32 Å². The van der Waals surface area contributed by atoms with Crippen LogP contribution in [0.5, 0.6) is 0 Å². The third kappa shape index (κ3) is 3.94. The van der Waals surface area contributed by atoms with Gasteiger partial charge in [-0.1, -0.05) is 26.2 Å². The first-order valence-electron chi connectivity index (χ1n) is 7.17. The van der Waals surface area contributed by atoms with Gasteiger partial charge in [0.25, 0.3) is 0 Å². The van der Waals surface area contributed by atoms with Crippen LogP contribution in [0.1, 0.15) is 55.8 Å². The van der Waals surface area contributed by atoms with E-state index in [-0.39, 0.29) is 11.7 Å². The number of amides is 1. The van der Waals surface area contributed by atoms with E-state index in [2.05, 4.69) is 5.32 Å². The van der Waals surface area contributed by atoms with Crippen molar-refractivity contribution in [3.05, 3.63) is 24.0 Å². The van der Waals surface area contributed by atoms with Gasteiger partial charge in [0.1, 0.15) is 6.54 Å². The van der Waals surface area contributed by atoms with E-state index in [0.29, 0.717) is 24.6 Å². The minimum Gasteiger partial charge on any atom is -0.352 e. The molecule has 4 nitrogen and oxygen atoms in total. The number of nitrogens with one attached hydrogen (secondary N) is 1. The lowest BCUT2D eigenvalue weighted by atomic mass is 9.95. The van der Waals surface area contributed by atoms with Gasteiger partial charge >= 0.3 is 0 Å². The van der Waals surface area contributed by atoms with Crippen LogP contribution in [-0.4, -0.2) is 22.3 Å². The maximum absolute atomic E-state index is 11.9. The van der Waals surface area contributed by atoms with Gasteiger partial charge in [0.05, 0.1) is 0 Å². The Balaban J connectivity index is 1.84. The van der Waals surface area contributed by atoms with Crippen molar-refractivity contribution in [1.82, 2.24) is 9.88 Å². The maximum Gasteiger partial charge on any atom is 0.240 e. The summed E-state index contributed by atoms with van der Waals surface area (Å²) in [6.45, 7) is 2.14. The van der Waals surface area contributed by atoms with Crippen molar-refractivity contribution in [2.75, 3.05) is 0 Å². The van der Waals surface area contributed by atoms with Crippen LogP contribution in [0.3, 0.4) is 0 Å². The zero-order valence-corrected chi connectivity index (χ0v) is 11.5. The molecule has 0 aromatic carbocycles. The normalized spacial score (nSPS) is 16.3. The Morgan fingerprint density at radius 2 is 2.05 bits per heavy atom. The molecule has 1 saturated carbocycles. The number of carbonyl (C=O) groups excluding carboxylic acids is 2. The molecule has 19 heavy (non-hydrogen) atoms. The molecule has 1 heterocycles. The van der Waals surface area contributed by atoms with Gasteiger partial charge in [0, 0.05) is 30.4 Å². The summed E-state index contributed by atoms with van der Waals surface area (Å²) < 4.78 is 1.78. The molecule has 0 bridgehead atoms. The summed E-state index contributed by atoms with van der Waals surface area (Å²) in [7, 11) is 0. The lowest BCUT2D eigenvalue weighted by molar-refractivity contribution is -0.122. The summed E-state index contributed by atoms with van der Waals surface area (Å²) in [5.74, 6) is 0.157. The fraction of sp³-hybridized carbons (Fsp3) is 0.600. The van der Waals surface area contributed by atoms with Crippen molar-refractivity contribution in [2.45, 2.75) is 58.0 Å². The molecule has 1 aliphatic carbocycles. The Morgan fingerprint density at radius 3 is 2.74 bits per heavy atom. The predicted octanol–water partition coefficient (Wildman–Crippen LogP) is 2.53. The Labute approximate surface area is 114 Å². The SMILES string of the molecule is CCC(=O)c1ccn(CC(=O)NC2CCCCC2)c1. The van der Waals surface area contributed by atoms with E-state index in [4.69, 9.17) is 0 Å². The Hall–Kier alpha value is -1.58. The minimum atomic E-state index is 0.0398. The second kappa shape index (κ2) is 6.55. The average molecular weight is 262 g/mol. The van der Waals surface area contributed by atoms with Crippen molar-refractivity contribution in [2.24, 2.45) is 0 Å². The quantitative estimate of drug-likeness (QED) is 0.829. The molecule has 1 amide bonds. The molecule has 0 saturated heterocycles. The number of hydrogen-bond donors (Lipinski definition) is 1. The number of ketones is 1. The van der Waals surface area contributed by atoms with Gasteiger partial charge in [-0.2, -0.15) is 0 Å². The topological polar surface area (TPSA) is 51.1 Å². The Bertz CT molecular complexity index is 445. The lowest BCUT2D eigenvalue weighted by Crippen LogP contribution is -2.38. The van der Waals surface area contributed by atoms with Gasteiger partial charge in [-0.3, -0.25) is 9.59 Å². The molecular formula is C15H22N2O2. The number of hydrogen-bond acceptors (Lipinski definition) is 2. The first-order valence-corrected chi connectivity index (χ1v) is 7.17. The van der Waals surface area contributed by atoms with Crippen molar-refractivity contribution in [3.63, 3.8) is 0 Å². The van der Waals surface area contributed by atoms with Crippen molar-refractivity contribution in [1.29, 1.82) is 0 Å². The van der Waals surface area contributed by atoms with E-state index in [1.807, 2.05) is 6.92 Å². The van der Waals surface area contributed by atoms with Gasteiger partial charge in [-0.15, -0.1) is 0 Å². The molecule has 0 unspecified atom stereocenters. The molecule has 4 heteroatoms. The van der Waals surface area contributed by atoms with Crippen LogP contribution in [0.15, 0.2) is 18.5 Å². The summed E-state index contributed by atoms with van der Waals surface area (Å²) in [6.07, 6.45) is 9.95. The standard InChI is InChI=1S/C15H22N2O2/c1-2-14(18)12-8-9-17(10-12)11-15(19)16-13-6-4-3-5-7-13/h8-10,13H,2-7,11H2,1H3,(H,16,19). The molecule has 104 valence electrons. The van der Waals surface area contributed by atoms with E-state index in [0.717, 1.165) is 12.8 Å². The zero-order valence-electron chi connectivity index (χ0n) is 11.5. The summed E-state index contributed by atoms with van der Waals surface area (Å²) in [6, 6.07) is 2.12. The highest BCUT2D eigenvalue weighted by Gasteiger charge is 2.15. The molecule has 1 aromatic rings. The largest absolute Gasteiger partial charge is 0.352 e. The fourth-order valence-electron chi connectivity index (χ4n) is 2.59. The first kappa shape index (κ1) is 13.8. The number of aromatic nitrogens is 1. The Morgan fingerprint density at radius 1 is 1.32 bits per heavy atom. The number of carbonyl (C=O) groups is 2. The molecule has 1 fully saturated rings. The van der Waals surface area contributed by atoms with Crippen molar-refractivity contribution < 1.29 is 9.59 Å². The summed E-state index contributed by atoms with van der Waals surface area (Å²) in [4.78, 5) is 23.4. The summed E-state index contributed by atoms with van der Waals surface area (Å²) in [5, 5.41) is 3.08. The predicted molar refractivity (Wildman–Crippen MR) is 74.1 cm³/mol. The number of rotatable bonds is 5. The van der Waals surface area contributed by atoms with Gasteiger partial charge in [0.2, 0.25) is 5.91 Å². The van der Waals surface area contributed by atoms with Gasteiger partial charge in [-0.05, 0) is 18.9 Å². The molecule has 1 N–H and O–H groups in total. The highest BCUT2D eigenvalue weighted by atomic mass is 16.2. The van der Waals surface area contributed by atoms with E-state index in [1.54, 1.807) is 23.0 Å². The van der Waals surface area contributed by atoms with Crippen LogP contribution >= 0.6 is 0 Å². The van der Waals surface area contributed by atoms with Crippen molar-refractivity contribution in [3.8, 4) is 0 Å². The van der Waals surface area contributed by atoms with Crippen LogP contribution in [0.4, 0.5) is 0 Å². The molecular weight excluding hydrogens is 240 g/mol. The maximum atomic E-state index is 11.9. The second-order valence-electron chi connectivity index (χ2n) is 5.25. The molecule has 0 radical (unpaired) electrons. The lowest BCUT2D eigenvalue weighted by Gasteiger charge is -2.22. The van der Waals surface area contributed by atoms with E-state index < -0.39 is 0 Å². The highest BCUT2D eigenvalue weighted by Crippen LogP contribution is 2.17. The van der Waals surface area contributed by atoms with Crippen LogP contribution in [-0.2, 0) is 11.3 Å². The average Bonchev–Trinajstić information content (AvgIpc) is 2.87. The third-order valence-corrected chi connectivity index (χ3v) is 3.69. The molecule has 2 rings (SSSR count). The van der Waals surface area contributed by atoms with Crippen LogP contribution in [0.25, 0.3) is 0 Å². The molecule has 0 atom stereocenters. The van der Waals surface area contributed by atoms with Gasteiger partial charge in [-0.25, -0.2) is 0 Å². The Kier molecular flexibility index (Phi) is 4.77. The minimum absolute atomic E-state index is 0.0398. The molecule has 1 aromatic heterocycles. The zero-order chi connectivity index (χ0) is 13.7. The monoisotopic (exact) mass is 262 g/mol. The van der Waals surface area contributed by atoms with Gasteiger partial charge in [0.15, 0.2) is 5.78 Å². The van der Waals surface area contributed by atoms with E-state index >= 15 is 0 Å². The fourth-order valence-corrected chi connectivity index (χ4v) is 2.59. The summed E-state index contributed by atoms with van der Waals surface area (Å²) >= 11 is 0. The second-order valence-corrected chi connectivity index (χ2v) is 5.25. The van der Waals surface area contributed by atoms with Gasteiger partial charge < -0.3 is 9.88 Å². The smallest absolute Gasteiger partial charge is 0.240 e. The first-order chi connectivity index (χ1) is 9.19. The van der Waals surface area contributed by atoms with E-state index in [1.165, 1.54) is 19.3 Å². The van der Waals surface area contributed by atoms with E-state index in [9.17, 15) is 9.59 Å². The number of nitrogens with zero attached hydrogens (tertiary/aromatic N) is 1. The molecule has 0 spiro atoms. The van der Waals surface area contributed by atoms with Crippen LogP contribution in [0.2, 0.25) is 0 Å². The summed E-state index contributed by atoms with van der Waals surface area (Å²) in [5.41, 5.74) is 0.688. The number of Topliss-reactive ketones (excluding diaryl/α,β-unsaturated/α-hetero) is 1. The van der Waals surface area contributed by atoms with Crippen molar-refractivity contribution >= 4 is 11.7 Å². The molecule has 1 aliphatic rings.